The van der Waals surface area contributed by atoms with E-state index in [1.807, 2.05) is 24.3 Å². The number of nitrogens with one attached hydrogen (secondary N) is 2. The summed E-state index contributed by atoms with van der Waals surface area (Å²) in [5.74, 6) is 0.113. The van der Waals surface area contributed by atoms with Gasteiger partial charge in [0.15, 0.2) is 5.82 Å². The Hall–Kier alpha value is -2.61. The van der Waals surface area contributed by atoms with Gasteiger partial charge in [0.25, 0.3) is 0 Å². The normalized spacial score (nSPS) is 10.3. The van der Waals surface area contributed by atoms with Gasteiger partial charge in [0.05, 0.1) is 6.20 Å². The maximum atomic E-state index is 11.9. The fourth-order valence-electron chi connectivity index (χ4n) is 1.85. The number of amides is 3. The monoisotopic (exact) mass is 350 g/mol. The molecule has 0 radical (unpaired) electrons. The molecule has 0 aliphatic heterocycles. The number of carbonyl (C=O) groups excluding carboxylic acids is 2. The van der Waals surface area contributed by atoms with Crippen molar-refractivity contribution < 1.29 is 9.59 Å². The molecule has 0 bridgehead atoms. The van der Waals surface area contributed by atoms with Crippen LogP contribution in [0.25, 0.3) is 0 Å². The van der Waals surface area contributed by atoms with Crippen LogP contribution in [0, 0.1) is 0 Å². The highest BCUT2D eigenvalue weighted by Gasteiger charge is 2.09. The minimum atomic E-state index is -0.311. The SMILES string of the molecule is CN(C)C(=O)Nc1cn(CC(=O)NCCc2ccc(Cl)cc2)nn1. The van der Waals surface area contributed by atoms with Crippen LogP contribution in [-0.4, -0.2) is 52.5 Å². The molecule has 1 heterocycles. The Kier molecular flexibility index (Phi) is 6.14. The van der Waals surface area contributed by atoms with Gasteiger partial charge in [0.1, 0.15) is 6.54 Å². The Bertz CT molecular complexity index is 698. The highest BCUT2D eigenvalue weighted by Crippen LogP contribution is 2.09. The predicted octanol–water partition coefficient (Wildman–Crippen LogP) is 1.38. The second-order valence-corrected chi connectivity index (χ2v) is 5.79. The average Bonchev–Trinajstić information content (AvgIpc) is 2.96. The Morgan fingerprint density at radius 1 is 1.25 bits per heavy atom. The lowest BCUT2D eigenvalue weighted by molar-refractivity contribution is -0.121. The molecule has 0 fully saturated rings. The van der Waals surface area contributed by atoms with E-state index in [1.165, 1.54) is 15.8 Å². The minimum Gasteiger partial charge on any atom is -0.354 e. The Balaban J connectivity index is 1.75. The number of aromatic nitrogens is 3. The number of urea groups is 1. The molecule has 2 aromatic rings. The molecule has 1 aromatic heterocycles. The number of hydrogen-bond donors (Lipinski definition) is 2. The van der Waals surface area contributed by atoms with Gasteiger partial charge in [0.2, 0.25) is 5.91 Å². The summed E-state index contributed by atoms with van der Waals surface area (Å²) in [6.07, 6.45) is 2.21. The molecule has 24 heavy (non-hydrogen) atoms. The van der Waals surface area contributed by atoms with Crippen molar-refractivity contribution in [2.75, 3.05) is 26.0 Å². The van der Waals surface area contributed by atoms with Crippen LogP contribution in [0.3, 0.4) is 0 Å². The van der Waals surface area contributed by atoms with Gasteiger partial charge < -0.3 is 10.2 Å². The molecule has 0 saturated heterocycles. The summed E-state index contributed by atoms with van der Waals surface area (Å²) in [6.45, 7) is 0.546. The lowest BCUT2D eigenvalue weighted by Gasteiger charge is -2.09. The summed E-state index contributed by atoms with van der Waals surface area (Å²) in [6, 6.07) is 7.17. The molecule has 0 aliphatic rings. The van der Waals surface area contributed by atoms with Crippen molar-refractivity contribution in [2.45, 2.75) is 13.0 Å². The van der Waals surface area contributed by atoms with E-state index < -0.39 is 0 Å². The summed E-state index contributed by atoms with van der Waals surface area (Å²) in [4.78, 5) is 24.7. The lowest BCUT2D eigenvalue weighted by Crippen LogP contribution is -2.29. The molecule has 8 nitrogen and oxygen atoms in total. The molecule has 0 aliphatic carbocycles. The van der Waals surface area contributed by atoms with Crippen molar-refractivity contribution in [1.82, 2.24) is 25.2 Å². The van der Waals surface area contributed by atoms with Gasteiger partial charge in [-0.1, -0.05) is 28.9 Å². The summed E-state index contributed by atoms with van der Waals surface area (Å²) in [7, 11) is 3.24. The van der Waals surface area contributed by atoms with Crippen LogP contribution < -0.4 is 10.6 Å². The fraction of sp³-hybridized carbons (Fsp3) is 0.333. The molecule has 2 N–H and O–H groups in total. The van der Waals surface area contributed by atoms with Crippen LogP contribution in [0.1, 0.15) is 5.56 Å². The first kappa shape index (κ1) is 17.7. The molecular weight excluding hydrogens is 332 g/mol. The van der Waals surface area contributed by atoms with E-state index in [0.29, 0.717) is 23.8 Å². The summed E-state index contributed by atoms with van der Waals surface area (Å²) < 4.78 is 1.36. The van der Waals surface area contributed by atoms with Crippen molar-refractivity contribution in [3.63, 3.8) is 0 Å². The van der Waals surface area contributed by atoms with Crippen molar-refractivity contribution >= 4 is 29.4 Å². The number of nitrogens with zero attached hydrogens (tertiary/aromatic N) is 4. The smallest absolute Gasteiger partial charge is 0.322 e. The highest BCUT2D eigenvalue weighted by atomic mass is 35.5. The van der Waals surface area contributed by atoms with E-state index in [9.17, 15) is 9.59 Å². The van der Waals surface area contributed by atoms with E-state index >= 15 is 0 Å². The van der Waals surface area contributed by atoms with Gasteiger partial charge >= 0.3 is 6.03 Å². The van der Waals surface area contributed by atoms with E-state index in [-0.39, 0.29) is 18.5 Å². The summed E-state index contributed by atoms with van der Waals surface area (Å²) in [5.41, 5.74) is 1.09. The Morgan fingerprint density at radius 2 is 1.96 bits per heavy atom. The van der Waals surface area contributed by atoms with Crippen LogP contribution >= 0.6 is 11.6 Å². The molecule has 0 spiro atoms. The van der Waals surface area contributed by atoms with Gasteiger partial charge in [-0.25, -0.2) is 9.48 Å². The van der Waals surface area contributed by atoms with Gasteiger partial charge in [-0.2, -0.15) is 0 Å². The van der Waals surface area contributed by atoms with Crippen molar-refractivity contribution in [1.29, 1.82) is 0 Å². The van der Waals surface area contributed by atoms with E-state index in [2.05, 4.69) is 20.9 Å². The van der Waals surface area contributed by atoms with Gasteiger partial charge in [-0.3, -0.25) is 10.1 Å². The van der Waals surface area contributed by atoms with Crippen LogP contribution in [0.2, 0.25) is 5.02 Å². The molecule has 1 aromatic carbocycles. The first-order valence-corrected chi connectivity index (χ1v) is 7.71. The zero-order valence-electron chi connectivity index (χ0n) is 13.5. The second kappa shape index (κ2) is 8.30. The predicted molar refractivity (Wildman–Crippen MR) is 90.9 cm³/mol. The number of rotatable bonds is 6. The molecular formula is C15H19ClN6O2. The second-order valence-electron chi connectivity index (χ2n) is 5.35. The molecule has 128 valence electrons. The van der Waals surface area contributed by atoms with Crippen LogP contribution in [0.4, 0.5) is 10.6 Å². The number of benzene rings is 1. The number of carbonyl (C=O) groups is 2. The third-order valence-electron chi connectivity index (χ3n) is 3.13. The topological polar surface area (TPSA) is 92.2 Å². The highest BCUT2D eigenvalue weighted by molar-refractivity contribution is 6.30. The maximum absolute atomic E-state index is 11.9. The maximum Gasteiger partial charge on any atom is 0.322 e. The minimum absolute atomic E-state index is 0.0332. The van der Waals surface area contributed by atoms with Crippen LogP contribution in [0.15, 0.2) is 30.5 Å². The van der Waals surface area contributed by atoms with E-state index in [0.717, 1.165) is 5.56 Å². The molecule has 0 atom stereocenters. The fourth-order valence-corrected chi connectivity index (χ4v) is 1.98. The van der Waals surface area contributed by atoms with Crippen molar-refractivity contribution in [3.8, 4) is 0 Å². The third kappa shape index (κ3) is 5.54. The third-order valence-corrected chi connectivity index (χ3v) is 3.39. The lowest BCUT2D eigenvalue weighted by atomic mass is 10.1. The number of hydrogen-bond acceptors (Lipinski definition) is 4. The van der Waals surface area contributed by atoms with E-state index in [4.69, 9.17) is 11.6 Å². The average molecular weight is 351 g/mol. The Labute approximate surface area is 144 Å². The van der Waals surface area contributed by atoms with Crippen LogP contribution in [0.5, 0.6) is 0 Å². The molecule has 0 saturated carbocycles. The largest absolute Gasteiger partial charge is 0.354 e. The Morgan fingerprint density at radius 3 is 2.62 bits per heavy atom. The van der Waals surface area contributed by atoms with Crippen molar-refractivity contribution in [2.24, 2.45) is 0 Å². The van der Waals surface area contributed by atoms with Gasteiger partial charge in [-0.15, -0.1) is 5.10 Å². The van der Waals surface area contributed by atoms with Gasteiger partial charge in [-0.05, 0) is 24.1 Å². The number of halogens is 1. The molecule has 3 amide bonds. The molecule has 2 rings (SSSR count). The zero-order chi connectivity index (χ0) is 17.5. The summed E-state index contributed by atoms with van der Waals surface area (Å²) >= 11 is 5.82. The first-order valence-electron chi connectivity index (χ1n) is 7.33. The quantitative estimate of drug-likeness (QED) is 0.823. The summed E-state index contributed by atoms with van der Waals surface area (Å²) in [5, 5.41) is 13.6. The molecule has 9 heteroatoms. The number of anilines is 1. The van der Waals surface area contributed by atoms with Gasteiger partial charge in [0, 0.05) is 25.7 Å². The van der Waals surface area contributed by atoms with E-state index in [1.54, 1.807) is 14.1 Å². The van der Waals surface area contributed by atoms with Crippen molar-refractivity contribution in [3.05, 3.63) is 41.0 Å². The standard InChI is InChI=1S/C15H19ClN6O2/c1-21(2)15(24)18-13-9-22(20-19-13)10-14(23)17-8-7-11-3-5-12(16)6-4-11/h3-6,9H,7-8,10H2,1-2H3,(H,17,23)(H,18,24). The van der Waals surface area contributed by atoms with Crippen LogP contribution in [-0.2, 0) is 17.8 Å². The zero-order valence-corrected chi connectivity index (χ0v) is 14.2. The molecule has 0 unspecified atom stereocenters. The first-order chi connectivity index (χ1) is 11.4.